The smallest absolute Gasteiger partial charge is 0.146 e. The van der Waals surface area contributed by atoms with Crippen molar-refractivity contribution in [2.45, 2.75) is 13.5 Å². The van der Waals surface area contributed by atoms with Crippen LogP contribution in [0.5, 0.6) is 0 Å². The molecule has 0 bridgehead atoms. The van der Waals surface area contributed by atoms with E-state index >= 15 is 0 Å². The number of halogens is 1. The molecule has 0 aromatic heterocycles. The van der Waals surface area contributed by atoms with E-state index in [9.17, 15) is 4.39 Å². The topological polar surface area (TPSA) is 18.5 Å². The zero-order valence-corrected chi connectivity index (χ0v) is 7.84. The van der Waals surface area contributed by atoms with Gasteiger partial charge in [-0.3, -0.25) is 0 Å². The Morgan fingerprint density at radius 2 is 2.15 bits per heavy atom. The lowest BCUT2D eigenvalue weighted by molar-refractivity contribution is -0.0398. The summed E-state index contributed by atoms with van der Waals surface area (Å²) in [5.41, 5.74) is 1.47. The summed E-state index contributed by atoms with van der Waals surface area (Å²) in [6.45, 7) is 2.29. The number of methoxy groups -OCH3 is 1. The second kappa shape index (κ2) is 4.94. The van der Waals surface area contributed by atoms with Crippen molar-refractivity contribution in [1.29, 1.82) is 0 Å². The first-order valence-electron chi connectivity index (χ1n) is 4.05. The van der Waals surface area contributed by atoms with Crippen molar-refractivity contribution in [3.05, 3.63) is 35.1 Å². The summed E-state index contributed by atoms with van der Waals surface area (Å²) in [6, 6.07) is 5.07. The van der Waals surface area contributed by atoms with Crippen molar-refractivity contribution in [1.82, 2.24) is 0 Å². The Hall–Kier alpha value is -0.930. The summed E-state index contributed by atoms with van der Waals surface area (Å²) in [4.78, 5) is 0. The molecular weight excluding hydrogens is 171 g/mol. The summed E-state index contributed by atoms with van der Waals surface area (Å²) in [5.74, 6) is -0.226. The van der Waals surface area contributed by atoms with Crippen LogP contribution in [0.2, 0.25) is 0 Å². The molecule has 0 aliphatic carbocycles. The Bertz CT molecular complexity index is 274. The molecule has 0 fully saturated rings. The highest BCUT2D eigenvalue weighted by Gasteiger charge is 2.01. The van der Waals surface area contributed by atoms with Crippen molar-refractivity contribution in [2.75, 3.05) is 13.9 Å². The molecule has 0 aliphatic heterocycles. The molecule has 0 unspecified atom stereocenters. The molecule has 2 nitrogen and oxygen atoms in total. The standard InChI is InChI=1S/C10H13FO2/c1-8-3-4-9(10(11)5-8)6-13-7-12-2/h3-5H,6-7H2,1-2H3. The van der Waals surface area contributed by atoms with Gasteiger partial charge in [-0.25, -0.2) is 4.39 Å². The lowest BCUT2D eigenvalue weighted by Crippen LogP contribution is -1.99. The van der Waals surface area contributed by atoms with Crippen molar-refractivity contribution in [2.24, 2.45) is 0 Å². The molecule has 0 saturated carbocycles. The minimum atomic E-state index is -0.226. The van der Waals surface area contributed by atoms with Gasteiger partial charge in [-0.05, 0) is 18.6 Å². The molecule has 0 aliphatic rings. The highest BCUT2D eigenvalue weighted by molar-refractivity contribution is 5.22. The Labute approximate surface area is 77.3 Å². The first-order valence-corrected chi connectivity index (χ1v) is 4.05. The molecule has 0 saturated heterocycles. The molecule has 13 heavy (non-hydrogen) atoms. The van der Waals surface area contributed by atoms with Gasteiger partial charge in [-0.15, -0.1) is 0 Å². The first-order chi connectivity index (χ1) is 6.24. The monoisotopic (exact) mass is 184 g/mol. The second-order valence-corrected chi connectivity index (χ2v) is 2.85. The molecule has 1 rings (SSSR count). The number of aryl methyl sites for hydroxylation is 1. The molecule has 1 aromatic carbocycles. The molecule has 3 heteroatoms. The van der Waals surface area contributed by atoms with E-state index in [0.717, 1.165) is 5.56 Å². The van der Waals surface area contributed by atoms with E-state index in [1.165, 1.54) is 13.2 Å². The number of hydrogen-bond acceptors (Lipinski definition) is 2. The van der Waals surface area contributed by atoms with Crippen LogP contribution in [0.1, 0.15) is 11.1 Å². The van der Waals surface area contributed by atoms with Crippen LogP contribution in [-0.2, 0) is 16.1 Å². The Balaban J connectivity index is 2.56. The molecule has 1 aromatic rings. The van der Waals surface area contributed by atoms with Crippen LogP contribution in [0.4, 0.5) is 4.39 Å². The lowest BCUT2D eigenvalue weighted by atomic mass is 10.1. The summed E-state index contributed by atoms with van der Waals surface area (Å²) < 4.78 is 22.9. The fraction of sp³-hybridized carbons (Fsp3) is 0.400. The highest BCUT2D eigenvalue weighted by Crippen LogP contribution is 2.10. The second-order valence-electron chi connectivity index (χ2n) is 2.85. The maximum Gasteiger partial charge on any atom is 0.146 e. The van der Waals surface area contributed by atoms with Crippen LogP contribution in [-0.4, -0.2) is 13.9 Å². The normalized spacial score (nSPS) is 10.4. The summed E-state index contributed by atoms with van der Waals surface area (Å²) >= 11 is 0. The number of benzene rings is 1. The molecule has 0 spiro atoms. The van der Waals surface area contributed by atoms with E-state index in [4.69, 9.17) is 4.74 Å². The van der Waals surface area contributed by atoms with E-state index in [1.54, 1.807) is 6.07 Å². The summed E-state index contributed by atoms with van der Waals surface area (Å²) in [6.07, 6.45) is 0. The van der Waals surface area contributed by atoms with Gasteiger partial charge in [0.15, 0.2) is 0 Å². The van der Waals surface area contributed by atoms with Gasteiger partial charge in [-0.2, -0.15) is 0 Å². The van der Waals surface area contributed by atoms with Gasteiger partial charge in [0.25, 0.3) is 0 Å². The minimum absolute atomic E-state index is 0.188. The van der Waals surface area contributed by atoms with E-state index in [-0.39, 0.29) is 19.2 Å². The molecule has 0 heterocycles. The van der Waals surface area contributed by atoms with Gasteiger partial charge >= 0.3 is 0 Å². The van der Waals surface area contributed by atoms with E-state index in [1.807, 2.05) is 13.0 Å². The van der Waals surface area contributed by atoms with Gasteiger partial charge in [0.2, 0.25) is 0 Å². The Morgan fingerprint density at radius 1 is 1.38 bits per heavy atom. The van der Waals surface area contributed by atoms with E-state index < -0.39 is 0 Å². The predicted molar refractivity (Wildman–Crippen MR) is 47.8 cm³/mol. The maximum absolute atomic E-state index is 13.2. The third kappa shape index (κ3) is 3.13. The van der Waals surface area contributed by atoms with Crippen LogP contribution >= 0.6 is 0 Å². The first kappa shape index (κ1) is 10.2. The Morgan fingerprint density at radius 3 is 2.77 bits per heavy atom. The number of rotatable bonds is 4. The molecule has 0 atom stereocenters. The molecular formula is C10H13FO2. The van der Waals surface area contributed by atoms with Crippen LogP contribution in [0.25, 0.3) is 0 Å². The average Bonchev–Trinajstić information content (AvgIpc) is 2.09. The van der Waals surface area contributed by atoms with Crippen molar-refractivity contribution in [3.8, 4) is 0 Å². The quantitative estimate of drug-likeness (QED) is 0.528. The molecule has 0 amide bonds. The van der Waals surface area contributed by atoms with Crippen LogP contribution in [0, 0.1) is 12.7 Å². The zero-order valence-electron chi connectivity index (χ0n) is 7.84. The SMILES string of the molecule is COCOCc1ccc(C)cc1F. The fourth-order valence-electron chi connectivity index (χ4n) is 1.00. The average molecular weight is 184 g/mol. The molecule has 0 N–H and O–H groups in total. The van der Waals surface area contributed by atoms with E-state index in [2.05, 4.69) is 4.74 Å². The van der Waals surface area contributed by atoms with Crippen molar-refractivity contribution in [3.63, 3.8) is 0 Å². The van der Waals surface area contributed by atoms with Crippen molar-refractivity contribution < 1.29 is 13.9 Å². The van der Waals surface area contributed by atoms with Crippen LogP contribution in [0.3, 0.4) is 0 Å². The number of hydrogen-bond donors (Lipinski definition) is 0. The van der Waals surface area contributed by atoms with Gasteiger partial charge in [0.1, 0.15) is 12.6 Å². The lowest BCUT2D eigenvalue weighted by Gasteiger charge is -2.04. The van der Waals surface area contributed by atoms with Gasteiger partial charge in [0, 0.05) is 12.7 Å². The predicted octanol–water partition coefficient (Wildman–Crippen LogP) is 2.25. The fourth-order valence-corrected chi connectivity index (χ4v) is 1.00. The maximum atomic E-state index is 13.2. The summed E-state index contributed by atoms with van der Waals surface area (Å²) in [7, 11) is 1.53. The number of ether oxygens (including phenoxy) is 2. The summed E-state index contributed by atoms with van der Waals surface area (Å²) in [5, 5.41) is 0. The highest BCUT2D eigenvalue weighted by atomic mass is 19.1. The zero-order chi connectivity index (χ0) is 9.68. The van der Waals surface area contributed by atoms with Crippen molar-refractivity contribution >= 4 is 0 Å². The third-order valence-corrected chi connectivity index (χ3v) is 1.67. The molecule has 0 radical (unpaired) electrons. The van der Waals surface area contributed by atoms with Crippen LogP contribution < -0.4 is 0 Å². The van der Waals surface area contributed by atoms with Gasteiger partial charge in [-0.1, -0.05) is 12.1 Å². The third-order valence-electron chi connectivity index (χ3n) is 1.67. The molecule has 72 valence electrons. The van der Waals surface area contributed by atoms with Gasteiger partial charge < -0.3 is 9.47 Å². The van der Waals surface area contributed by atoms with Crippen LogP contribution in [0.15, 0.2) is 18.2 Å². The largest absolute Gasteiger partial charge is 0.359 e. The Kier molecular flexibility index (Phi) is 3.86. The van der Waals surface area contributed by atoms with Gasteiger partial charge in [0.05, 0.1) is 6.61 Å². The van der Waals surface area contributed by atoms with E-state index in [0.29, 0.717) is 5.56 Å². The minimum Gasteiger partial charge on any atom is -0.359 e.